The normalized spacial score (nSPS) is 19.7. The van der Waals surface area contributed by atoms with Gasteiger partial charge in [0.2, 0.25) is 0 Å². The summed E-state index contributed by atoms with van der Waals surface area (Å²) in [5.74, 6) is 0.115. The minimum absolute atomic E-state index is 0.0398. The Labute approximate surface area is 186 Å². The number of nitrogens with zero attached hydrogens (tertiary/aromatic N) is 1. The Balaban J connectivity index is 1.61. The predicted octanol–water partition coefficient (Wildman–Crippen LogP) is 7.01. The molecule has 0 saturated heterocycles. The smallest absolute Gasteiger partial charge is 0.192 e. The van der Waals surface area contributed by atoms with Crippen molar-refractivity contribution in [3.8, 4) is 0 Å². The molecule has 0 N–H and O–H groups in total. The van der Waals surface area contributed by atoms with Crippen LogP contribution in [0.25, 0.3) is 10.8 Å². The van der Waals surface area contributed by atoms with Crippen LogP contribution in [0.1, 0.15) is 34.3 Å². The van der Waals surface area contributed by atoms with Gasteiger partial charge in [-0.15, -0.1) is 0 Å². The number of allylic oxidation sites excluding steroid dienone is 1. The standard InChI is InChI=1S/C28H21NOS/c1-2-29-23-17-16-18-10-6-7-13-20(18)27(23)31-28(29)25-24(19-11-4-3-5-12-19)21-14-8-9-15-22(21)26(25)30/h3-17,24H,2H2,1H3/b28-25-. The first-order valence-electron chi connectivity index (χ1n) is 10.7. The van der Waals surface area contributed by atoms with Crippen LogP contribution < -0.4 is 4.90 Å². The van der Waals surface area contributed by atoms with Crippen molar-refractivity contribution < 1.29 is 4.79 Å². The van der Waals surface area contributed by atoms with Gasteiger partial charge < -0.3 is 4.90 Å². The van der Waals surface area contributed by atoms with Crippen LogP contribution in [0.5, 0.6) is 0 Å². The van der Waals surface area contributed by atoms with E-state index in [0.717, 1.165) is 28.3 Å². The van der Waals surface area contributed by atoms with Gasteiger partial charge in [0.15, 0.2) is 5.78 Å². The van der Waals surface area contributed by atoms with E-state index in [1.165, 1.54) is 26.9 Å². The number of hydrogen-bond donors (Lipinski definition) is 0. The third-order valence-electron chi connectivity index (χ3n) is 6.32. The van der Waals surface area contributed by atoms with Crippen molar-refractivity contribution in [1.82, 2.24) is 0 Å². The first kappa shape index (κ1) is 18.5. The van der Waals surface area contributed by atoms with Crippen molar-refractivity contribution in [3.63, 3.8) is 0 Å². The number of ketones is 1. The maximum atomic E-state index is 13.7. The Morgan fingerprint density at radius 2 is 1.58 bits per heavy atom. The fourth-order valence-electron chi connectivity index (χ4n) is 4.93. The number of carbonyl (C=O) groups is 1. The first-order valence-corrected chi connectivity index (χ1v) is 11.5. The van der Waals surface area contributed by atoms with Crippen molar-refractivity contribution >= 4 is 34.0 Å². The van der Waals surface area contributed by atoms with Gasteiger partial charge in [-0.05, 0) is 34.9 Å². The fourth-order valence-corrected chi connectivity index (χ4v) is 6.36. The molecule has 150 valence electrons. The molecule has 0 aromatic heterocycles. The molecule has 4 aromatic carbocycles. The fraction of sp³-hybridized carbons (Fsp3) is 0.107. The molecule has 31 heavy (non-hydrogen) atoms. The van der Waals surface area contributed by atoms with Crippen molar-refractivity contribution in [2.24, 2.45) is 0 Å². The lowest BCUT2D eigenvalue weighted by molar-refractivity contribution is 0.103. The summed E-state index contributed by atoms with van der Waals surface area (Å²) in [4.78, 5) is 17.3. The molecule has 1 unspecified atom stereocenters. The van der Waals surface area contributed by atoms with Gasteiger partial charge in [0, 0.05) is 28.5 Å². The average molecular weight is 420 g/mol. The van der Waals surface area contributed by atoms with Gasteiger partial charge in [-0.25, -0.2) is 0 Å². The van der Waals surface area contributed by atoms with Crippen molar-refractivity contribution in [1.29, 1.82) is 0 Å². The quantitative estimate of drug-likeness (QED) is 0.326. The Morgan fingerprint density at radius 1 is 0.839 bits per heavy atom. The molecule has 1 aliphatic carbocycles. The summed E-state index contributed by atoms with van der Waals surface area (Å²) in [6.45, 7) is 2.98. The molecule has 0 bridgehead atoms. The number of carbonyl (C=O) groups excluding carboxylic acids is 1. The highest BCUT2D eigenvalue weighted by Crippen LogP contribution is 2.54. The first-order chi connectivity index (χ1) is 15.3. The summed E-state index contributed by atoms with van der Waals surface area (Å²) in [5.41, 5.74) is 5.21. The molecule has 1 heterocycles. The zero-order valence-corrected chi connectivity index (χ0v) is 18.0. The third kappa shape index (κ3) is 2.70. The summed E-state index contributed by atoms with van der Waals surface area (Å²) in [5, 5.41) is 3.55. The van der Waals surface area contributed by atoms with Gasteiger partial charge in [0.25, 0.3) is 0 Å². The highest BCUT2D eigenvalue weighted by Gasteiger charge is 2.41. The summed E-state index contributed by atoms with van der Waals surface area (Å²) < 4.78 is 0. The average Bonchev–Trinajstić information content (AvgIpc) is 3.34. The summed E-state index contributed by atoms with van der Waals surface area (Å²) >= 11 is 1.75. The minimum atomic E-state index is -0.0398. The lowest BCUT2D eigenvalue weighted by Crippen LogP contribution is -2.20. The van der Waals surface area contributed by atoms with E-state index in [4.69, 9.17) is 0 Å². The second kappa shape index (κ2) is 7.14. The van der Waals surface area contributed by atoms with E-state index in [2.05, 4.69) is 78.6 Å². The topological polar surface area (TPSA) is 20.3 Å². The summed E-state index contributed by atoms with van der Waals surface area (Å²) in [6.07, 6.45) is 0. The predicted molar refractivity (Wildman–Crippen MR) is 129 cm³/mol. The molecular weight excluding hydrogens is 398 g/mol. The van der Waals surface area contributed by atoms with Crippen LogP contribution in [0.2, 0.25) is 0 Å². The lowest BCUT2D eigenvalue weighted by Gasteiger charge is -2.23. The van der Waals surface area contributed by atoms with Crippen molar-refractivity contribution in [2.75, 3.05) is 11.4 Å². The van der Waals surface area contributed by atoms with Gasteiger partial charge in [0.05, 0.1) is 10.7 Å². The highest BCUT2D eigenvalue weighted by molar-refractivity contribution is 8.04. The molecule has 2 nitrogen and oxygen atoms in total. The largest absolute Gasteiger partial charge is 0.335 e. The van der Waals surface area contributed by atoms with Crippen LogP contribution in [-0.2, 0) is 0 Å². The number of anilines is 1. The van der Waals surface area contributed by atoms with Crippen LogP contribution >= 0.6 is 11.8 Å². The van der Waals surface area contributed by atoms with Crippen LogP contribution in [0.4, 0.5) is 5.69 Å². The monoisotopic (exact) mass is 419 g/mol. The molecule has 0 fully saturated rings. The Bertz CT molecular complexity index is 1370. The zero-order chi connectivity index (χ0) is 20.9. The molecule has 0 amide bonds. The molecule has 2 aliphatic rings. The number of thioether (sulfide) groups is 1. The van der Waals surface area contributed by atoms with E-state index >= 15 is 0 Å². The van der Waals surface area contributed by atoms with E-state index < -0.39 is 0 Å². The highest BCUT2D eigenvalue weighted by atomic mass is 32.2. The Kier molecular flexibility index (Phi) is 4.25. The number of Topliss-reactive ketones (excluding diaryl/α,β-unsaturated/α-hetero) is 1. The van der Waals surface area contributed by atoms with Gasteiger partial charge >= 0.3 is 0 Å². The zero-order valence-electron chi connectivity index (χ0n) is 17.2. The molecule has 0 saturated carbocycles. The molecule has 6 rings (SSSR count). The van der Waals surface area contributed by atoms with E-state index in [-0.39, 0.29) is 11.7 Å². The molecular formula is C28H21NOS. The minimum Gasteiger partial charge on any atom is -0.335 e. The number of benzene rings is 4. The molecule has 0 radical (unpaired) electrons. The SMILES string of the molecule is CCN1/C(=C2/C(=O)c3ccccc3C2c2ccccc2)Sc2c1ccc1ccccc21. The van der Waals surface area contributed by atoms with E-state index in [1.54, 1.807) is 11.8 Å². The lowest BCUT2D eigenvalue weighted by atomic mass is 9.90. The van der Waals surface area contributed by atoms with E-state index in [0.29, 0.717) is 0 Å². The molecule has 1 atom stereocenters. The van der Waals surface area contributed by atoms with Crippen molar-refractivity contribution in [3.05, 3.63) is 118 Å². The Hall–Kier alpha value is -3.30. The van der Waals surface area contributed by atoms with Crippen LogP contribution in [-0.4, -0.2) is 12.3 Å². The molecule has 0 spiro atoms. The van der Waals surface area contributed by atoms with Crippen molar-refractivity contribution in [2.45, 2.75) is 17.7 Å². The molecule has 4 aromatic rings. The van der Waals surface area contributed by atoms with Crippen LogP contribution in [0, 0.1) is 0 Å². The molecule has 1 aliphatic heterocycles. The molecule has 3 heteroatoms. The number of fused-ring (bicyclic) bond motifs is 4. The number of rotatable bonds is 2. The van der Waals surface area contributed by atoms with E-state index in [9.17, 15) is 4.79 Å². The Morgan fingerprint density at radius 3 is 2.42 bits per heavy atom. The summed E-state index contributed by atoms with van der Waals surface area (Å²) in [7, 11) is 0. The van der Waals surface area contributed by atoms with Crippen LogP contribution in [0.3, 0.4) is 0 Å². The maximum absolute atomic E-state index is 13.7. The second-order valence-electron chi connectivity index (χ2n) is 7.96. The van der Waals surface area contributed by atoms with Gasteiger partial charge in [-0.2, -0.15) is 0 Å². The van der Waals surface area contributed by atoms with Gasteiger partial charge in [-0.3, -0.25) is 4.79 Å². The van der Waals surface area contributed by atoms with Gasteiger partial charge in [-0.1, -0.05) is 96.7 Å². The number of hydrogen-bond acceptors (Lipinski definition) is 3. The second-order valence-corrected chi connectivity index (χ2v) is 8.96. The van der Waals surface area contributed by atoms with E-state index in [1.807, 2.05) is 24.3 Å². The summed E-state index contributed by atoms with van der Waals surface area (Å²) in [6, 6.07) is 31.4. The third-order valence-corrected chi connectivity index (χ3v) is 7.59. The van der Waals surface area contributed by atoms with Gasteiger partial charge in [0.1, 0.15) is 0 Å². The maximum Gasteiger partial charge on any atom is 0.192 e. The van der Waals surface area contributed by atoms with Crippen LogP contribution in [0.15, 0.2) is 106 Å².